The number of nitrogens with one attached hydrogen (secondary N) is 1. The van der Waals surface area contributed by atoms with E-state index in [1.807, 2.05) is 17.5 Å². The van der Waals surface area contributed by atoms with Gasteiger partial charge in [-0.25, -0.2) is 13.1 Å². The van der Waals surface area contributed by atoms with E-state index in [0.29, 0.717) is 4.47 Å². The standard InChI is InChI=1S/C11H10BrClN2O2S2/c12-11-9(14)4-7(13)5-10(11)19(16,17)15-6-8-2-1-3-18-8/h1-5,15H,6,14H2. The summed E-state index contributed by atoms with van der Waals surface area (Å²) in [6.07, 6.45) is 0. The highest BCUT2D eigenvalue weighted by molar-refractivity contribution is 9.10. The van der Waals surface area contributed by atoms with Crippen LogP contribution in [0.15, 0.2) is 39.0 Å². The minimum atomic E-state index is -3.67. The van der Waals surface area contributed by atoms with E-state index in [0.717, 1.165) is 4.88 Å². The first-order chi connectivity index (χ1) is 8.90. The van der Waals surface area contributed by atoms with Crippen molar-refractivity contribution in [1.29, 1.82) is 0 Å². The second-order valence-electron chi connectivity index (χ2n) is 3.71. The van der Waals surface area contributed by atoms with E-state index in [9.17, 15) is 8.42 Å². The van der Waals surface area contributed by atoms with E-state index in [1.54, 1.807) is 0 Å². The van der Waals surface area contributed by atoms with Crippen molar-refractivity contribution in [2.45, 2.75) is 11.4 Å². The molecule has 0 saturated heterocycles. The summed E-state index contributed by atoms with van der Waals surface area (Å²) in [4.78, 5) is 0.962. The Hall–Kier alpha value is -0.600. The zero-order valence-electron chi connectivity index (χ0n) is 9.56. The minimum Gasteiger partial charge on any atom is -0.398 e. The quantitative estimate of drug-likeness (QED) is 0.799. The summed E-state index contributed by atoms with van der Waals surface area (Å²) in [7, 11) is -3.67. The van der Waals surface area contributed by atoms with Crippen LogP contribution in [-0.2, 0) is 16.6 Å². The van der Waals surface area contributed by atoms with Gasteiger partial charge in [0.1, 0.15) is 0 Å². The average molecular weight is 382 g/mol. The smallest absolute Gasteiger partial charge is 0.242 e. The van der Waals surface area contributed by atoms with Gasteiger partial charge in [-0.2, -0.15) is 0 Å². The van der Waals surface area contributed by atoms with Crippen molar-refractivity contribution in [3.63, 3.8) is 0 Å². The Morgan fingerprint density at radius 1 is 1.42 bits per heavy atom. The number of anilines is 1. The number of nitrogens with two attached hydrogens (primary N) is 1. The Kier molecular flexibility index (Phi) is 4.52. The zero-order valence-corrected chi connectivity index (χ0v) is 13.5. The lowest BCUT2D eigenvalue weighted by atomic mass is 10.3. The van der Waals surface area contributed by atoms with Gasteiger partial charge in [-0.3, -0.25) is 0 Å². The van der Waals surface area contributed by atoms with Gasteiger partial charge >= 0.3 is 0 Å². The van der Waals surface area contributed by atoms with Gasteiger partial charge in [0.2, 0.25) is 10.0 Å². The van der Waals surface area contributed by atoms with Gasteiger partial charge in [0.15, 0.2) is 0 Å². The molecule has 0 fully saturated rings. The third kappa shape index (κ3) is 3.49. The highest BCUT2D eigenvalue weighted by Gasteiger charge is 2.20. The average Bonchev–Trinajstić information content (AvgIpc) is 2.84. The minimum absolute atomic E-state index is 0.0362. The molecule has 0 saturated carbocycles. The first-order valence-electron chi connectivity index (χ1n) is 5.17. The molecule has 1 aromatic carbocycles. The summed E-state index contributed by atoms with van der Waals surface area (Å²) in [6.45, 7) is 0.235. The van der Waals surface area contributed by atoms with E-state index in [1.165, 1.54) is 23.5 Å². The van der Waals surface area contributed by atoms with Crippen LogP contribution in [0.1, 0.15) is 4.88 Å². The first kappa shape index (κ1) is 14.8. The van der Waals surface area contributed by atoms with Crippen molar-refractivity contribution in [3.05, 3.63) is 44.0 Å². The fourth-order valence-electron chi connectivity index (χ4n) is 1.44. The fraction of sp³-hybridized carbons (Fsp3) is 0.0909. The van der Waals surface area contributed by atoms with Crippen LogP contribution in [0.2, 0.25) is 5.02 Å². The van der Waals surface area contributed by atoms with Crippen molar-refractivity contribution in [2.24, 2.45) is 0 Å². The molecule has 19 heavy (non-hydrogen) atoms. The van der Waals surface area contributed by atoms with E-state index >= 15 is 0 Å². The van der Waals surface area contributed by atoms with Crippen LogP contribution in [-0.4, -0.2) is 8.42 Å². The molecule has 0 atom stereocenters. The molecule has 8 heteroatoms. The summed E-state index contributed by atoms with van der Waals surface area (Å²) in [5.41, 5.74) is 5.97. The maximum Gasteiger partial charge on any atom is 0.242 e. The maximum atomic E-state index is 12.2. The Labute approximate surface area is 128 Å². The van der Waals surface area contributed by atoms with Crippen LogP contribution in [0.4, 0.5) is 5.69 Å². The zero-order chi connectivity index (χ0) is 14.0. The first-order valence-corrected chi connectivity index (χ1v) is 8.70. The topological polar surface area (TPSA) is 72.2 Å². The number of halogens is 2. The van der Waals surface area contributed by atoms with Crippen LogP contribution in [0.3, 0.4) is 0 Å². The molecule has 0 unspecified atom stereocenters. The fourth-order valence-corrected chi connectivity index (χ4v) is 4.47. The molecule has 1 heterocycles. The second kappa shape index (κ2) is 5.80. The number of thiophene rings is 1. The van der Waals surface area contributed by atoms with Crippen LogP contribution < -0.4 is 10.5 Å². The maximum absolute atomic E-state index is 12.2. The summed E-state index contributed by atoms with van der Waals surface area (Å²) >= 11 is 10.5. The summed E-state index contributed by atoms with van der Waals surface area (Å²) in [6, 6.07) is 6.57. The van der Waals surface area contributed by atoms with Crippen LogP contribution >= 0.6 is 38.9 Å². The number of rotatable bonds is 4. The summed E-state index contributed by atoms with van der Waals surface area (Å²) in [5.74, 6) is 0. The molecule has 0 bridgehead atoms. The lowest BCUT2D eigenvalue weighted by Crippen LogP contribution is -2.23. The normalized spacial score (nSPS) is 11.7. The van der Waals surface area contributed by atoms with Crippen LogP contribution in [0, 0.1) is 0 Å². The predicted molar refractivity (Wildman–Crippen MR) is 81.9 cm³/mol. The molecule has 102 valence electrons. The SMILES string of the molecule is Nc1cc(Cl)cc(S(=O)(=O)NCc2cccs2)c1Br. The summed E-state index contributed by atoms with van der Waals surface area (Å²) in [5, 5.41) is 2.16. The number of hydrogen-bond acceptors (Lipinski definition) is 4. The van der Waals surface area contributed by atoms with Crippen LogP contribution in [0.5, 0.6) is 0 Å². The molecule has 2 aromatic rings. The Morgan fingerprint density at radius 3 is 2.79 bits per heavy atom. The van der Waals surface area contributed by atoms with Crippen molar-refractivity contribution in [3.8, 4) is 0 Å². The van der Waals surface area contributed by atoms with E-state index < -0.39 is 10.0 Å². The summed E-state index contributed by atoms with van der Waals surface area (Å²) < 4.78 is 27.2. The lowest BCUT2D eigenvalue weighted by molar-refractivity contribution is 0.581. The van der Waals surface area contributed by atoms with E-state index in [4.69, 9.17) is 17.3 Å². The molecule has 1 aromatic heterocycles. The van der Waals surface area contributed by atoms with Crippen molar-refractivity contribution >= 4 is 54.6 Å². The Bertz CT molecular complexity index is 687. The van der Waals surface area contributed by atoms with E-state index in [2.05, 4.69) is 20.7 Å². The largest absolute Gasteiger partial charge is 0.398 e. The van der Waals surface area contributed by atoms with Crippen molar-refractivity contribution in [1.82, 2.24) is 4.72 Å². The molecular weight excluding hydrogens is 372 g/mol. The molecule has 0 amide bonds. The predicted octanol–water partition coefficient (Wildman–Crippen LogP) is 3.22. The number of benzene rings is 1. The molecule has 0 spiro atoms. The molecule has 0 aliphatic rings. The molecule has 0 radical (unpaired) electrons. The monoisotopic (exact) mass is 380 g/mol. The molecule has 0 aliphatic carbocycles. The van der Waals surface area contributed by atoms with Gasteiger partial charge < -0.3 is 5.73 Å². The van der Waals surface area contributed by atoms with Crippen molar-refractivity contribution < 1.29 is 8.42 Å². The third-order valence-electron chi connectivity index (χ3n) is 2.34. The van der Waals surface area contributed by atoms with Gasteiger partial charge in [0.05, 0.1) is 9.37 Å². The molecule has 2 rings (SSSR count). The van der Waals surface area contributed by atoms with Gasteiger partial charge in [-0.05, 0) is 39.5 Å². The van der Waals surface area contributed by atoms with Gasteiger partial charge in [0, 0.05) is 22.1 Å². The molecule has 4 nitrogen and oxygen atoms in total. The van der Waals surface area contributed by atoms with Crippen molar-refractivity contribution in [2.75, 3.05) is 5.73 Å². The molecule has 0 aliphatic heterocycles. The molecular formula is C11H10BrClN2O2S2. The van der Waals surface area contributed by atoms with Gasteiger partial charge in [0.25, 0.3) is 0 Å². The highest BCUT2D eigenvalue weighted by atomic mass is 79.9. The van der Waals surface area contributed by atoms with Gasteiger partial charge in [-0.1, -0.05) is 17.7 Å². The molecule has 3 N–H and O–H groups in total. The third-order valence-corrected chi connectivity index (χ3v) is 6.01. The van der Waals surface area contributed by atoms with Gasteiger partial charge in [-0.15, -0.1) is 11.3 Å². The number of hydrogen-bond donors (Lipinski definition) is 2. The highest BCUT2D eigenvalue weighted by Crippen LogP contribution is 2.31. The Balaban J connectivity index is 2.29. The van der Waals surface area contributed by atoms with Crippen LogP contribution in [0.25, 0.3) is 0 Å². The lowest BCUT2D eigenvalue weighted by Gasteiger charge is -2.10. The second-order valence-corrected chi connectivity index (χ2v) is 7.71. The number of nitrogen functional groups attached to an aromatic ring is 1. The number of sulfonamides is 1. The Morgan fingerprint density at radius 2 is 2.16 bits per heavy atom. The van der Waals surface area contributed by atoms with E-state index in [-0.39, 0.29) is 22.2 Å².